The molecule has 11 N–H and O–H groups in total. The fourth-order valence-electron chi connectivity index (χ4n) is 5.47. The van der Waals surface area contributed by atoms with Crippen LogP contribution in [0.1, 0.15) is 48.4 Å². The van der Waals surface area contributed by atoms with Gasteiger partial charge < -0.3 is 32.9 Å². The first-order chi connectivity index (χ1) is 25.6. The fraction of sp³-hybridized carbons (Fsp3) is 0.211. The number of hydrogen-bond donors (Lipinski definition) is 7. The van der Waals surface area contributed by atoms with E-state index in [0.717, 1.165) is 38.6 Å². The molecule has 55 heavy (non-hydrogen) atoms. The van der Waals surface area contributed by atoms with Crippen molar-refractivity contribution >= 4 is 67.3 Å². The number of nitrogen functional groups attached to an aromatic ring is 4. The maximum atomic E-state index is 12.0. The summed E-state index contributed by atoms with van der Waals surface area (Å²) in [4.78, 5) is 70.5. The van der Waals surface area contributed by atoms with Gasteiger partial charge in [-0.15, -0.1) is 0 Å². The second-order valence-electron chi connectivity index (χ2n) is 12.3. The van der Waals surface area contributed by atoms with Gasteiger partial charge in [0.1, 0.15) is 17.5 Å². The molecule has 8 aromatic rings. The first kappa shape index (κ1) is 40.5. The first-order valence-corrected chi connectivity index (χ1v) is 16.7. The zero-order valence-corrected chi connectivity index (χ0v) is 30.6. The van der Waals surface area contributed by atoms with Gasteiger partial charge in [-0.25, -0.2) is 19.9 Å². The van der Waals surface area contributed by atoms with E-state index in [9.17, 15) is 14.4 Å². The number of fused-ring (bicyclic) bond motifs is 5. The number of nitrogens with two attached hydrogens (primary N) is 4. The third-order valence-corrected chi connectivity index (χ3v) is 7.93. The number of aromatic nitrogens is 10. The minimum atomic E-state index is -0.252. The number of nitrogens with zero attached hydrogens (tertiary/aromatic N) is 7. The molecule has 0 saturated carbocycles. The molecule has 0 bridgehead atoms. The Bertz CT molecular complexity index is 2850. The van der Waals surface area contributed by atoms with Gasteiger partial charge >= 0.3 is 0 Å². The number of benzene rings is 3. The van der Waals surface area contributed by atoms with E-state index in [1.54, 1.807) is 20.0 Å². The van der Waals surface area contributed by atoms with Crippen molar-refractivity contribution in [3.63, 3.8) is 0 Å². The molecular formula is C38H44N14O3. The van der Waals surface area contributed by atoms with E-state index in [-0.39, 0.29) is 47.6 Å². The second kappa shape index (κ2) is 17.0. The fourth-order valence-corrected chi connectivity index (χ4v) is 5.47. The highest BCUT2D eigenvalue weighted by molar-refractivity contribution is 6.05. The third-order valence-electron chi connectivity index (χ3n) is 7.93. The van der Waals surface area contributed by atoms with E-state index >= 15 is 0 Å². The Hall–Kier alpha value is -7.30. The summed E-state index contributed by atoms with van der Waals surface area (Å²) in [5.41, 5.74) is 27.2. The zero-order valence-electron chi connectivity index (χ0n) is 30.6. The lowest BCUT2D eigenvalue weighted by Crippen LogP contribution is -2.18. The van der Waals surface area contributed by atoms with Crippen molar-refractivity contribution in [1.29, 1.82) is 0 Å². The van der Waals surface area contributed by atoms with Gasteiger partial charge in [0.25, 0.3) is 16.7 Å². The molecule has 17 heteroatoms. The van der Waals surface area contributed by atoms with Crippen LogP contribution in [0.25, 0.3) is 43.7 Å². The SMILES string of the molecule is C.CCc1c(N)nc(N)[nH]c1=O.Cc1ccc2ccc3nc(C)[nH]c(=O)c3c2c1.Cc1ccc2nc(C)[nH]c(=O)c2c1.Cc1cnc2nc(N)nc(N)c2n1. The molecule has 0 unspecified atom stereocenters. The molecule has 0 aliphatic rings. The summed E-state index contributed by atoms with van der Waals surface area (Å²) in [6, 6.07) is 15.7. The van der Waals surface area contributed by atoms with E-state index < -0.39 is 0 Å². The molecule has 0 fully saturated rings. The molecule has 0 atom stereocenters. The van der Waals surface area contributed by atoms with Crippen LogP contribution in [0.5, 0.6) is 0 Å². The predicted molar refractivity (Wildman–Crippen MR) is 220 cm³/mol. The van der Waals surface area contributed by atoms with Gasteiger partial charge in [0.2, 0.25) is 11.9 Å². The quantitative estimate of drug-likeness (QED) is 0.116. The Morgan fingerprint density at radius 1 is 0.618 bits per heavy atom. The Morgan fingerprint density at radius 2 is 1.22 bits per heavy atom. The van der Waals surface area contributed by atoms with Crippen LogP contribution >= 0.6 is 0 Å². The van der Waals surface area contributed by atoms with Crippen molar-refractivity contribution < 1.29 is 0 Å². The number of hydrogen-bond acceptors (Lipinski definition) is 14. The number of rotatable bonds is 1. The highest BCUT2D eigenvalue weighted by Gasteiger charge is 2.08. The molecule has 8 rings (SSSR count). The maximum Gasteiger partial charge on any atom is 0.259 e. The first-order valence-electron chi connectivity index (χ1n) is 16.7. The topological polar surface area (TPSA) is 293 Å². The van der Waals surface area contributed by atoms with Gasteiger partial charge in [0.15, 0.2) is 17.0 Å². The van der Waals surface area contributed by atoms with Gasteiger partial charge in [-0.2, -0.15) is 15.0 Å². The van der Waals surface area contributed by atoms with Crippen LogP contribution in [0.2, 0.25) is 0 Å². The Morgan fingerprint density at radius 3 is 1.89 bits per heavy atom. The molecule has 0 radical (unpaired) electrons. The summed E-state index contributed by atoms with van der Waals surface area (Å²) in [6.07, 6.45) is 2.17. The number of H-pyrrole nitrogens is 3. The van der Waals surface area contributed by atoms with Gasteiger partial charge in [0, 0.05) is 0 Å². The monoisotopic (exact) mass is 744 g/mol. The molecular weight excluding hydrogens is 701 g/mol. The molecule has 0 aliphatic carbocycles. The van der Waals surface area contributed by atoms with E-state index in [4.69, 9.17) is 22.9 Å². The minimum Gasteiger partial charge on any atom is -0.383 e. The summed E-state index contributed by atoms with van der Waals surface area (Å²) in [5, 5.41) is 3.37. The van der Waals surface area contributed by atoms with Gasteiger partial charge in [-0.05, 0) is 70.0 Å². The van der Waals surface area contributed by atoms with Crippen molar-refractivity contribution in [2.75, 3.05) is 22.9 Å². The Labute approximate surface area is 314 Å². The van der Waals surface area contributed by atoms with Crippen LogP contribution in [0.15, 0.2) is 69.1 Å². The molecule has 0 aliphatic heterocycles. The highest BCUT2D eigenvalue weighted by atomic mass is 16.1. The van der Waals surface area contributed by atoms with Crippen molar-refractivity contribution in [3.05, 3.63) is 120 Å². The molecule has 17 nitrogen and oxygen atoms in total. The van der Waals surface area contributed by atoms with Crippen LogP contribution in [0.4, 0.5) is 23.5 Å². The number of aromatic amines is 3. The second-order valence-corrected chi connectivity index (χ2v) is 12.3. The Balaban J connectivity index is 0.000000164. The summed E-state index contributed by atoms with van der Waals surface area (Å²) in [5.74, 6) is 1.95. The lowest BCUT2D eigenvalue weighted by atomic mass is 10.0. The van der Waals surface area contributed by atoms with Crippen molar-refractivity contribution in [2.45, 2.75) is 55.4 Å². The average Bonchev–Trinajstić information content (AvgIpc) is 3.09. The van der Waals surface area contributed by atoms with Gasteiger partial charge in [-0.3, -0.25) is 19.4 Å². The molecule has 0 saturated heterocycles. The van der Waals surface area contributed by atoms with E-state index in [2.05, 4.69) is 49.8 Å². The van der Waals surface area contributed by atoms with Crippen molar-refractivity contribution in [3.8, 4) is 0 Å². The van der Waals surface area contributed by atoms with E-state index in [1.807, 2.05) is 76.2 Å². The molecule has 0 spiro atoms. The zero-order chi connectivity index (χ0) is 39.3. The average molecular weight is 745 g/mol. The van der Waals surface area contributed by atoms with Crippen LogP contribution < -0.4 is 39.6 Å². The summed E-state index contributed by atoms with van der Waals surface area (Å²) in [6.45, 7) is 11.2. The van der Waals surface area contributed by atoms with E-state index in [1.165, 1.54) is 0 Å². The van der Waals surface area contributed by atoms with Crippen LogP contribution in [0, 0.1) is 34.6 Å². The van der Waals surface area contributed by atoms with Gasteiger partial charge in [-0.1, -0.05) is 55.8 Å². The van der Waals surface area contributed by atoms with Crippen molar-refractivity contribution in [1.82, 2.24) is 49.8 Å². The van der Waals surface area contributed by atoms with Crippen LogP contribution in [-0.4, -0.2) is 49.8 Å². The maximum absolute atomic E-state index is 12.0. The Kier molecular flexibility index (Phi) is 12.5. The normalized spacial score (nSPS) is 10.4. The lowest BCUT2D eigenvalue weighted by molar-refractivity contribution is 1.02. The standard InChI is InChI=1S/C14H12N2O.C10H10N2O.C7H8N6.C6H10N4O.CH4/c1-8-3-4-10-5-6-12-13(11(10)7-8)14(17)16-9(2)15-12;1-6-3-4-9-8(5-6)10(13)12-7(2)11-9;1-3-2-10-6-4(11-3)5(8)12-7(9)13-6;1-2-3-4(7)9-6(8)10-5(3)11;/h3-7H,1-2H3,(H,15,16,17);3-5H,1-2H3,(H,11,12,13);2H,1H3,(H4,8,9,10,12,13);2H2,1H3,(H5,7,8,9,10,11);1H4. The van der Waals surface area contributed by atoms with Crippen molar-refractivity contribution in [2.24, 2.45) is 0 Å². The summed E-state index contributed by atoms with van der Waals surface area (Å²) in [7, 11) is 0. The van der Waals surface area contributed by atoms with E-state index in [0.29, 0.717) is 45.6 Å². The molecule has 5 heterocycles. The molecule has 0 amide bonds. The molecule has 3 aromatic carbocycles. The lowest BCUT2D eigenvalue weighted by Gasteiger charge is -2.04. The largest absolute Gasteiger partial charge is 0.383 e. The van der Waals surface area contributed by atoms with Crippen LogP contribution in [-0.2, 0) is 6.42 Å². The highest BCUT2D eigenvalue weighted by Crippen LogP contribution is 2.22. The number of aryl methyl sites for hydroxylation is 5. The minimum absolute atomic E-state index is 0. The molecule has 284 valence electrons. The number of anilines is 4. The van der Waals surface area contributed by atoms with Crippen LogP contribution in [0.3, 0.4) is 0 Å². The smallest absolute Gasteiger partial charge is 0.259 e. The summed E-state index contributed by atoms with van der Waals surface area (Å²) >= 11 is 0. The van der Waals surface area contributed by atoms with Gasteiger partial charge in [0.05, 0.1) is 39.3 Å². The predicted octanol–water partition coefficient (Wildman–Crippen LogP) is 4.26. The molecule has 5 aromatic heterocycles. The third kappa shape index (κ3) is 9.58. The number of nitrogens with one attached hydrogen (secondary N) is 3. The summed E-state index contributed by atoms with van der Waals surface area (Å²) < 4.78 is 0.